The zero-order valence-electron chi connectivity index (χ0n) is 16.8. The number of carbonyl (C=O) groups excluding carboxylic acids is 2. The van der Waals surface area contributed by atoms with E-state index in [-0.39, 0.29) is 34.5 Å². The standard InChI is InChI=1S/C15H15N3O3/c1-8-17-11-4-2-3-10(16)14(11)15(21)18(8)12-6-5-9(19)7-13(12)20/h2-4,12H,5-7,16H2,1H3/i1D,2D,4D,5D2,6D. The van der Waals surface area contributed by atoms with Crippen molar-refractivity contribution in [1.82, 2.24) is 9.55 Å². The molecule has 6 nitrogen and oxygen atoms in total. The molecule has 1 saturated carbocycles. The number of nitrogens with zero attached hydrogens (tertiary/aromatic N) is 2. The summed E-state index contributed by atoms with van der Waals surface area (Å²) >= 11 is 0. The minimum Gasteiger partial charge on any atom is -0.398 e. The number of hydrogen-bond donors (Lipinski definition) is 1. The molecule has 0 amide bonds. The molecule has 1 heterocycles. The topological polar surface area (TPSA) is 95.0 Å². The minimum absolute atomic E-state index is 0.155. The van der Waals surface area contributed by atoms with E-state index < -0.39 is 49.3 Å². The Morgan fingerprint density at radius 2 is 2.33 bits per heavy atom. The lowest BCUT2D eigenvalue weighted by molar-refractivity contribution is -0.132. The molecule has 0 radical (unpaired) electrons. The molecule has 2 N–H and O–H groups in total. The number of benzene rings is 1. The number of nitrogens with two attached hydrogens (primary N) is 1. The van der Waals surface area contributed by atoms with Gasteiger partial charge in [0, 0.05) is 17.5 Å². The molecule has 0 saturated heterocycles. The molecule has 2 unspecified atom stereocenters. The maximum Gasteiger partial charge on any atom is 0.264 e. The van der Waals surface area contributed by atoms with Crippen LogP contribution in [0.2, 0.25) is 0 Å². The molecule has 0 spiro atoms. The summed E-state index contributed by atoms with van der Waals surface area (Å²) in [6.45, 7) is -0.597. The second kappa shape index (κ2) is 4.80. The summed E-state index contributed by atoms with van der Waals surface area (Å²) in [5, 5.41) is -0.245. The first kappa shape index (κ1) is 8.07. The predicted molar refractivity (Wildman–Crippen MR) is 78.1 cm³/mol. The summed E-state index contributed by atoms with van der Waals surface area (Å²) in [6.07, 6.45) is -5.33. The van der Waals surface area contributed by atoms with Gasteiger partial charge >= 0.3 is 0 Å². The van der Waals surface area contributed by atoms with Crippen molar-refractivity contribution < 1.29 is 17.8 Å². The van der Waals surface area contributed by atoms with E-state index in [4.69, 9.17) is 14.0 Å². The summed E-state index contributed by atoms with van der Waals surface area (Å²) in [4.78, 5) is 41.3. The van der Waals surface area contributed by atoms with Gasteiger partial charge in [-0.3, -0.25) is 19.0 Å². The number of aromatic nitrogens is 2. The van der Waals surface area contributed by atoms with Gasteiger partial charge in [-0.2, -0.15) is 0 Å². The molecule has 3 rings (SSSR count). The quantitative estimate of drug-likeness (QED) is 0.628. The molecule has 21 heavy (non-hydrogen) atoms. The van der Waals surface area contributed by atoms with Crippen LogP contribution in [0.5, 0.6) is 0 Å². The summed E-state index contributed by atoms with van der Waals surface area (Å²) < 4.78 is 47.6. The van der Waals surface area contributed by atoms with Crippen molar-refractivity contribution in [2.75, 3.05) is 5.73 Å². The van der Waals surface area contributed by atoms with Gasteiger partial charge in [-0.05, 0) is 25.4 Å². The predicted octanol–water partition coefficient (Wildman–Crippen LogP) is 1.15. The van der Waals surface area contributed by atoms with E-state index in [9.17, 15) is 14.4 Å². The van der Waals surface area contributed by atoms with Crippen LogP contribution in [-0.2, 0) is 9.59 Å². The molecule has 1 fully saturated rings. The number of rotatable bonds is 1. The highest BCUT2D eigenvalue weighted by atomic mass is 16.2. The molecular formula is C15H15N3O3. The maximum absolute atomic E-state index is 13.0. The average molecular weight is 291 g/mol. The third-order valence-corrected chi connectivity index (χ3v) is 3.24. The number of Topliss-reactive ketones (excluding diaryl/α,β-unsaturated/α-hetero) is 2. The summed E-state index contributed by atoms with van der Waals surface area (Å²) in [5.41, 5.74) is 4.53. The second-order valence-electron chi connectivity index (χ2n) is 4.62. The van der Waals surface area contributed by atoms with Crippen LogP contribution in [0.3, 0.4) is 0 Å². The van der Waals surface area contributed by atoms with Crippen molar-refractivity contribution in [1.29, 1.82) is 0 Å². The molecule has 0 bridgehead atoms. The zero-order valence-corrected chi connectivity index (χ0v) is 10.8. The van der Waals surface area contributed by atoms with Gasteiger partial charge < -0.3 is 5.73 Å². The molecule has 1 aromatic carbocycles. The Morgan fingerprint density at radius 3 is 3.10 bits per heavy atom. The van der Waals surface area contributed by atoms with E-state index in [2.05, 4.69) is 4.98 Å². The fraction of sp³-hybridized carbons (Fsp3) is 0.333. The van der Waals surface area contributed by atoms with Crippen molar-refractivity contribution in [2.45, 2.75) is 32.1 Å². The fourth-order valence-electron chi connectivity index (χ4n) is 2.27. The average Bonchev–Trinajstić information content (AvgIpc) is 2.59. The normalized spacial score (nSPS) is 29.1. The molecule has 0 aliphatic heterocycles. The van der Waals surface area contributed by atoms with Crippen molar-refractivity contribution >= 4 is 28.2 Å². The molecule has 1 aliphatic rings. The summed E-state index contributed by atoms with van der Waals surface area (Å²) in [7, 11) is 0. The Labute approximate surface area is 129 Å². The number of aryl methyl sites for hydroxylation is 1. The molecule has 6 heteroatoms. The van der Waals surface area contributed by atoms with Crippen molar-refractivity contribution in [3.63, 3.8) is 0 Å². The summed E-state index contributed by atoms with van der Waals surface area (Å²) in [5.74, 6) is -2.13. The van der Waals surface area contributed by atoms with Crippen LogP contribution in [-0.4, -0.2) is 21.1 Å². The van der Waals surface area contributed by atoms with Gasteiger partial charge in [-0.25, -0.2) is 4.98 Å². The largest absolute Gasteiger partial charge is 0.398 e. The highest BCUT2D eigenvalue weighted by molar-refractivity contribution is 6.03. The van der Waals surface area contributed by atoms with Gasteiger partial charge in [0.15, 0.2) is 5.78 Å². The Kier molecular flexibility index (Phi) is 1.84. The molecule has 1 aromatic heterocycles. The van der Waals surface area contributed by atoms with Gasteiger partial charge in [0.25, 0.3) is 5.56 Å². The Hall–Kier alpha value is -2.50. The summed E-state index contributed by atoms with van der Waals surface area (Å²) in [6, 6.07) is -1.20. The first-order valence-corrected chi connectivity index (χ1v) is 6.10. The fourth-order valence-corrected chi connectivity index (χ4v) is 2.27. The lowest BCUT2D eigenvalue weighted by Crippen LogP contribution is -2.36. The smallest absolute Gasteiger partial charge is 0.264 e. The third kappa shape index (κ3) is 2.12. The van der Waals surface area contributed by atoms with E-state index in [1.54, 1.807) is 0 Å². The van der Waals surface area contributed by atoms with Crippen LogP contribution in [0.1, 0.15) is 39.3 Å². The monoisotopic (exact) mass is 291 g/mol. The lowest BCUT2D eigenvalue weighted by atomic mass is 9.92. The third-order valence-electron chi connectivity index (χ3n) is 3.24. The molecule has 108 valence electrons. The minimum atomic E-state index is -2.65. The second-order valence-corrected chi connectivity index (χ2v) is 4.62. The van der Waals surface area contributed by atoms with Crippen LogP contribution in [0.25, 0.3) is 10.9 Å². The number of hydrogen-bond acceptors (Lipinski definition) is 5. The van der Waals surface area contributed by atoms with Crippen molar-refractivity contribution in [3.8, 4) is 0 Å². The SMILES string of the molecule is [2H]Cc1nc2c([2H])c([2H])cc(N)c2c(=O)n1C1C(=O)CC(=O)C([2H])([2H])C1[2H]. The Morgan fingerprint density at radius 1 is 1.52 bits per heavy atom. The van der Waals surface area contributed by atoms with E-state index in [1.807, 2.05) is 0 Å². The first-order valence-electron chi connectivity index (χ1n) is 9.39. The molecule has 1 aliphatic carbocycles. The molecular weight excluding hydrogens is 270 g/mol. The van der Waals surface area contributed by atoms with E-state index in [0.29, 0.717) is 0 Å². The Balaban J connectivity index is 2.38. The van der Waals surface area contributed by atoms with Gasteiger partial charge in [0.05, 0.1) is 26.1 Å². The van der Waals surface area contributed by atoms with Crippen LogP contribution in [0.15, 0.2) is 22.9 Å². The maximum atomic E-state index is 13.0. The van der Waals surface area contributed by atoms with Crippen LogP contribution >= 0.6 is 0 Å². The molecule has 2 atom stereocenters. The zero-order chi connectivity index (χ0) is 20.3. The highest BCUT2D eigenvalue weighted by Gasteiger charge is 2.30. The number of nitrogen functional groups attached to an aromatic ring is 1. The lowest BCUT2D eigenvalue weighted by Gasteiger charge is -2.24. The number of carbonyl (C=O) groups is 2. The van der Waals surface area contributed by atoms with Crippen LogP contribution < -0.4 is 11.3 Å². The van der Waals surface area contributed by atoms with Crippen molar-refractivity contribution in [2.24, 2.45) is 0 Å². The van der Waals surface area contributed by atoms with Crippen LogP contribution in [0, 0.1) is 6.90 Å². The highest BCUT2D eigenvalue weighted by Crippen LogP contribution is 2.24. The number of ketones is 2. The molecule has 2 aromatic rings. The van der Waals surface area contributed by atoms with Gasteiger partial charge in [0.2, 0.25) is 0 Å². The van der Waals surface area contributed by atoms with Crippen molar-refractivity contribution in [3.05, 3.63) is 34.3 Å². The van der Waals surface area contributed by atoms with E-state index in [1.165, 1.54) is 0 Å². The number of anilines is 1. The van der Waals surface area contributed by atoms with Gasteiger partial charge in [0.1, 0.15) is 11.6 Å². The van der Waals surface area contributed by atoms with Gasteiger partial charge in [-0.15, -0.1) is 0 Å². The van der Waals surface area contributed by atoms with Crippen LogP contribution in [0.4, 0.5) is 5.69 Å². The van der Waals surface area contributed by atoms with E-state index >= 15 is 0 Å². The van der Waals surface area contributed by atoms with Gasteiger partial charge in [-0.1, -0.05) is 6.04 Å². The number of fused-ring (bicyclic) bond motifs is 1. The Bertz CT molecular complexity index is 1050. The van der Waals surface area contributed by atoms with E-state index in [0.717, 1.165) is 10.6 Å². The first-order chi connectivity index (χ1) is 12.5.